The Hall–Kier alpha value is -3.39. The van der Waals surface area contributed by atoms with E-state index in [9.17, 15) is 18.4 Å². The zero-order chi connectivity index (χ0) is 24.7. The average molecular weight is 494 g/mol. The lowest BCUT2D eigenvalue weighted by Crippen LogP contribution is -2.51. The van der Waals surface area contributed by atoms with E-state index in [1.807, 2.05) is 24.3 Å². The maximum Gasteiger partial charge on any atom is 0.323 e. The van der Waals surface area contributed by atoms with Crippen LogP contribution in [0.5, 0.6) is 0 Å². The number of carbonyl (C=O) groups is 2. The molecular weight excluding hydrogens is 468 g/mol. The second-order valence-electron chi connectivity index (χ2n) is 9.03. The van der Waals surface area contributed by atoms with Gasteiger partial charge in [-0.25, -0.2) is 13.6 Å². The Balaban J connectivity index is 1.48. The number of carbonyl (C=O) groups excluding carboxylic acids is 2. The smallest absolute Gasteiger partial charge is 0.308 e. The molecule has 0 aromatic heterocycles. The molecule has 1 spiro atoms. The van der Waals surface area contributed by atoms with Crippen molar-refractivity contribution in [2.24, 2.45) is 0 Å². The van der Waals surface area contributed by atoms with Gasteiger partial charge in [-0.1, -0.05) is 38.1 Å². The van der Waals surface area contributed by atoms with Gasteiger partial charge in [-0.2, -0.15) is 0 Å². The molecule has 3 amide bonds. The third kappa shape index (κ3) is 4.05. The lowest BCUT2D eigenvalue weighted by molar-refractivity contribution is -0.123. The minimum atomic E-state index is -1.36. The Morgan fingerprint density at radius 3 is 2.40 bits per heavy atom. The lowest BCUT2D eigenvalue weighted by atomic mass is 10.0. The van der Waals surface area contributed by atoms with Crippen LogP contribution in [0.1, 0.15) is 36.5 Å². The van der Waals surface area contributed by atoms with Crippen molar-refractivity contribution in [3.63, 3.8) is 0 Å². The summed E-state index contributed by atoms with van der Waals surface area (Å²) in [6.45, 7) is 4.72. The highest BCUT2D eigenvalue weighted by molar-refractivity contribution is 8.01. The number of nitrogens with zero attached hydrogens (tertiary/aromatic N) is 2. The topological polar surface area (TPSA) is 52.7 Å². The molecule has 1 saturated heterocycles. The van der Waals surface area contributed by atoms with Gasteiger partial charge >= 0.3 is 6.03 Å². The molecule has 1 N–H and O–H groups in total. The zero-order valence-corrected chi connectivity index (χ0v) is 20.2. The number of nitrogens with one attached hydrogen (secondary N) is 1. The van der Waals surface area contributed by atoms with Crippen LogP contribution >= 0.6 is 11.8 Å². The van der Waals surface area contributed by atoms with Crippen molar-refractivity contribution >= 4 is 35.1 Å². The summed E-state index contributed by atoms with van der Waals surface area (Å²) in [5.74, 6) is -0.248. The Kier molecular flexibility index (Phi) is 6.01. The fourth-order valence-electron chi connectivity index (χ4n) is 4.66. The number of rotatable bonds is 4. The van der Waals surface area contributed by atoms with Gasteiger partial charge in [-0.3, -0.25) is 9.69 Å². The van der Waals surface area contributed by atoms with Crippen LogP contribution in [0.4, 0.5) is 25.0 Å². The number of benzene rings is 3. The van der Waals surface area contributed by atoms with Crippen molar-refractivity contribution in [1.29, 1.82) is 0 Å². The van der Waals surface area contributed by atoms with Gasteiger partial charge in [0.25, 0.3) is 5.91 Å². The van der Waals surface area contributed by atoms with E-state index in [0.717, 1.165) is 11.1 Å². The largest absolute Gasteiger partial charge is 0.323 e. The van der Waals surface area contributed by atoms with E-state index in [1.165, 1.54) is 40.9 Å². The van der Waals surface area contributed by atoms with Gasteiger partial charge in [0, 0.05) is 23.5 Å². The van der Waals surface area contributed by atoms with Crippen LogP contribution in [0.15, 0.2) is 66.7 Å². The molecule has 2 aliphatic rings. The summed E-state index contributed by atoms with van der Waals surface area (Å²) >= 11 is 1.33. The molecule has 0 aliphatic carbocycles. The molecular formula is C27H25F2N3O2S. The summed E-state index contributed by atoms with van der Waals surface area (Å²) < 4.78 is 27.8. The second kappa shape index (κ2) is 9.00. The quantitative estimate of drug-likeness (QED) is 0.480. The molecule has 2 aliphatic heterocycles. The van der Waals surface area contributed by atoms with Gasteiger partial charge in [-0.15, -0.1) is 11.8 Å². The summed E-state index contributed by atoms with van der Waals surface area (Å²) in [5.41, 5.74) is 3.52. The first kappa shape index (κ1) is 23.4. The zero-order valence-electron chi connectivity index (χ0n) is 19.4. The third-order valence-electron chi connectivity index (χ3n) is 6.48. The Morgan fingerprint density at radius 2 is 1.71 bits per heavy atom. The highest BCUT2D eigenvalue weighted by Crippen LogP contribution is 2.54. The van der Waals surface area contributed by atoms with Crippen LogP contribution in [-0.2, 0) is 16.2 Å². The summed E-state index contributed by atoms with van der Waals surface area (Å²) in [6, 6.07) is 17.3. The molecule has 1 fully saturated rings. The molecule has 35 heavy (non-hydrogen) atoms. The maximum absolute atomic E-state index is 14.4. The van der Waals surface area contributed by atoms with E-state index in [2.05, 4.69) is 19.2 Å². The van der Waals surface area contributed by atoms with E-state index in [-0.39, 0.29) is 18.3 Å². The molecule has 0 saturated carbocycles. The number of halogens is 2. The van der Waals surface area contributed by atoms with Gasteiger partial charge in [0.15, 0.2) is 4.87 Å². The number of hydrogen-bond donors (Lipinski definition) is 1. The molecule has 5 nitrogen and oxygen atoms in total. The summed E-state index contributed by atoms with van der Waals surface area (Å²) in [5, 5.41) is 2.91. The normalized spacial score (nSPS) is 19.1. The molecule has 3 aromatic rings. The summed E-state index contributed by atoms with van der Waals surface area (Å²) in [6.07, 6.45) is 0. The number of anilines is 2. The molecule has 8 heteroatoms. The summed E-state index contributed by atoms with van der Waals surface area (Å²) in [7, 11) is 0. The van der Waals surface area contributed by atoms with Crippen LogP contribution in [-0.4, -0.2) is 29.1 Å². The fraction of sp³-hybridized carbons (Fsp3) is 0.259. The molecule has 0 bridgehead atoms. The first-order chi connectivity index (χ1) is 16.8. The molecule has 0 radical (unpaired) electrons. The number of thioether (sulfide) groups is 1. The molecule has 3 aromatic carbocycles. The Labute approximate surface area is 207 Å². The fourth-order valence-corrected chi connectivity index (χ4v) is 6.11. The standard InChI is InChI=1S/C27H25F2N3O2S/c1-17(2)19-5-10-22(11-6-19)30-26(34)32-13-14-35-27(32)23-15-21(29)9-12-24(23)31(25(27)33)16-18-3-7-20(28)8-4-18/h3-12,15,17H,13-14,16H2,1-2H3,(H,30,34). The van der Waals surface area contributed by atoms with E-state index >= 15 is 0 Å². The number of urea groups is 1. The second-order valence-corrected chi connectivity index (χ2v) is 10.3. The SMILES string of the molecule is CC(C)c1ccc(NC(=O)N2CCSC23C(=O)N(Cc2ccc(F)cc2)c2ccc(F)cc23)cc1. The maximum atomic E-state index is 14.4. The van der Waals surface area contributed by atoms with Crippen molar-refractivity contribution in [2.75, 3.05) is 22.5 Å². The number of hydrogen-bond acceptors (Lipinski definition) is 3. The monoisotopic (exact) mass is 493 g/mol. The van der Waals surface area contributed by atoms with Crippen LogP contribution in [0.2, 0.25) is 0 Å². The third-order valence-corrected chi connectivity index (χ3v) is 7.90. The van der Waals surface area contributed by atoms with E-state index < -0.39 is 16.7 Å². The average Bonchev–Trinajstić information content (AvgIpc) is 3.38. The molecule has 1 unspecified atom stereocenters. The van der Waals surface area contributed by atoms with Crippen LogP contribution in [0.25, 0.3) is 0 Å². The Bertz CT molecular complexity index is 1280. The van der Waals surface area contributed by atoms with Gasteiger partial charge in [0.05, 0.1) is 12.2 Å². The van der Waals surface area contributed by atoms with Crippen molar-refractivity contribution in [2.45, 2.75) is 31.2 Å². The minimum absolute atomic E-state index is 0.187. The molecule has 2 heterocycles. The van der Waals surface area contributed by atoms with Gasteiger partial charge in [0.1, 0.15) is 11.6 Å². The Morgan fingerprint density at radius 1 is 1.03 bits per heavy atom. The van der Waals surface area contributed by atoms with Crippen LogP contribution in [0, 0.1) is 11.6 Å². The highest BCUT2D eigenvalue weighted by Gasteiger charge is 2.59. The van der Waals surface area contributed by atoms with Crippen LogP contribution in [0.3, 0.4) is 0 Å². The van der Waals surface area contributed by atoms with Gasteiger partial charge in [-0.05, 0) is 59.5 Å². The van der Waals surface area contributed by atoms with Crippen molar-refractivity contribution in [3.8, 4) is 0 Å². The van der Waals surface area contributed by atoms with E-state index in [0.29, 0.717) is 35.2 Å². The molecule has 5 rings (SSSR count). The predicted octanol–water partition coefficient (Wildman–Crippen LogP) is 6.07. The van der Waals surface area contributed by atoms with Gasteiger partial charge in [0.2, 0.25) is 0 Å². The predicted molar refractivity (Wildman–Crippen MR) is 134 cm³/mol. The van der Waals surface area contributed by atoms with Crippen LogP contribution < -0.4 is 10.2 Å². The minimum Gasteiger partial charge on any atom is -0.308 e. The van der Waals surface area contributed by atoms with Crippen molar-refractivity contribution in [3.05, 3.63) is 95.1 Å². The molecule has 180 valence electrons. The van der Waals surface area contributed by atoms with Gasteiger partial charge < -0.3 is 10.2 Å². The number of fused-ring (bicyclic) bond motifs is 2. The summed E-state index contributed by atoms with van der Waals surface area (Å²) in [4.78, 5) is 29.1. The van der Waals surface area contributed by atoms with Crippen molar-refractivity contribution < 1.29 is 18.4 Å². The first-order valence-corrected chi connectivity index (χ1v) is 12.5. The highest BCUT2D eigenvalue weighted by atomic mass is 32.2. The number of amides is 3. The van der Waals surface area contributed by atoms with E-state index in [4.69, 9.17) is 0 Å². The molecule has 1 atom stereocenters. The van der Waals surface area contributed by atoms with Crippen molar-refractivity contribution in [1.82, 2.24) is 4.90 Å². The first-order valence-electron chi connectivity index (χ1n) is 11.5. The lowest BCUT2D eigenvalue weighted by Gasteiger charge is -2.33. The van der Waals surface area contributed by atoms with E-state index in [1.54, 1.807) is 23.1 Å².